The fraction of sp³-hybridized carbons (Fsp3) is 0.316. The molecule has 27 heavy (non-hydrogen) atoms. The first-order valence-electron chi connectivity index (χ1n) is 8.90. The predicted molar refractivity (Wildman–Crippen MR) is 102 cm³/mol. The van der Waals surface area contributed by atoms with Crippen molar-refractivity contribution in [2.24, 2.45) is 11.7 Å². The predicted octanol–water partition coefficient (Wildman–Crippen LogP) is 1.07. The number of primary amides is 1. The van der Waals surface area contributed by atoms with Crippen molar-refractivity contribution in [2.75, 3.05) is 13.1 Å². The number of aromatic nitrogens is 2. The minimum atomic E-state index is -0.314. The zero-order valence-corrected chi connectivity index (χ0v) is 15.4. The molecule has 0 saturated carbocycles. The Hall–Kier alpha value is -2.58. The number of hydrogen-bond acceptors (Lipinski definition) is 4. The van der Waals surface area contributed by atoms with Crippen LogP contribution in [0.2, 0.25) is 0 Å². The lowest BCUT2D eigenvalue weighted by Gasteiger charge is -2.27. The van der Waals surface area contributed by atoms with E-state index in [1.54, 1.807) is 12.1 Å². The molecule has 1 unspecified atom stereocenters. The van der Waals surface area contributed by atoms with Gasteiger partial charge in [-0.1, -0.05) is 12.1 Å². The van der Waals surface area contributed by atoms with Crippen molar-refractivity contribution in [3.8, 4) is 11.1 Å². The number of H-pyrrole nitrogens is 1. The van der Waals surface area contributed by atoms with Gasteiger partial charge in [0.15, 0.2) is 5.82 Å². The maximum absolute atomic E-state index is 13.2. The van der Waals surface area contributed by atoms with Gasteiger partial charge in [-0.2, -0.15) is 0 Å². The van der Waals surface area contributed by atoms with Gasteiger partial charge in [0.25, 0.3) is 5.56 Å². The number of fused-ring (bicyclic) bond motifs is 1. The number of aromatic amines is 1. The van der Waals surface area contributed by atoms with E-state index in [1.807, 2.05) is 5.38 Å². The molecule has 4 N–H and O–H groups in total. The summed E-state index contributed by atoms with van der Waals surface area (Å²) in [6.07, 6.45) is 1.76. The van der Waals surface area contributed by atoms with E-state index in [0.717, 1.165) is 30.5 Å². The van der Waals surface area contributed by atoms with Gasteiger partial charge >= 0.3 is 0 Å². The summed E-state index contributed by atoms with van der Waals surface area (Å²) in [6.45, 7) is 2.15. The number of hydrogen-bond donors (Lipinski definition) is 3. The molecule has 0 aliphatic carbocycles. The van der Waals surface area contributed by atoms with Crippen LogP contribution in [-0.4, -0.2) is 29.0 Å². The molecule has 0 bridgehead atoms. The van der Waals surface area contributed by atoms with Crippen LogP contribution in [-0.2, 0) is 11.3 Å². The molecule has 8 heteroatoms. The number of rotatable bonds is 4. The topological polar surface area (TPSA) is 93.3 Å². The summed E-state index contributed by atoms with van der Waals surface area (Å²) in [6, 6.07) is 6.07. The molecule has 2 atom stereocenters. The highest BCUT2D eigenvalue weighted by molar-refractivity contribution is 7.17. The Bertz CT molecular complexity index is 1040. The van der Waals surface area contributed by atoms with Crippen LogP contribution in [0.4, 0.5) is 4.39 Å². The second-order valence-electron chi connectivity index (χ2n) is 6.97. The average molecular weight is 387 g/mol. The van der Waals surface area contributed by atoms with Crippen LogP contribution >= 0.6 is 11.3 Å². The van der Waals surface area contributed by atoms with Crippen molar-refractivity contribution in [2.45, 2.75) is 19.4 Å². The maximum atomic E-state index is 13.2. The van der Waals surface area contributed by atoms with Gasteiger partial charge in [-0.15, -0.1) is 11.3 Å². The summed E-state index contributed by atoms with van der Waals surface area (Å²) < 4.78 is 13.2. The summed E-state index contributed by atoms with van der Waals surface area (Å²) >= 11 is 1.40. The van der Waals surface area contributed by atoms with Crippen LogP contribution in [0.1, 0.15) is 18.7 Å². The number of thiophene rings is 1. The van der Waals surface area contributed by atoms with Crippen molar-refractivity contribution in [3.05, 3.63) is 51.6 Å². The summed E-state index contributed by atoms with van der Waals surface area (Å²) in [5, 5.41) is 2.40. The average Bonchev–Trinajstić information content (AvgIpc) is 3.07. The summed E-state index contributed by atoms with van der Waals surface area (Å²) in [5.41, 5.74) is 6.79. The summed E-state index contributed by atoms with van der Waals surface area (Å²) in [7, 11) is 0. The Kier molecular flexibility index (Phi) is 4.75. The first-order valence-corrected chi connectivity index (χ1v) is 9.78. The molecule has 1 aliphatic rings. The van der Waals surface area contributed by atoms with E-state index in [2.05, 4.69) is 9.97 Å². The molecule has 0 spiro atoms. The highest BCUT2D eigenvalue weighted by Crippen LogP contribution is 2.30. The number of nitrogens with zero attached hydrogens (tertiary/aromatic N) is 1. The van der Waals surface area contributed by atoms with Gasteiger partial charge in [0, 0.05) is 10.9 Å². The van der Waals surface area contributed by atoms with E-state index in [9.17, 15) is 14.0 Å². The van der Waals surface area contributed by atoms with E-state index < -0.39 is 0 Å². The quantitative estimate of drug-likeness (QED) is 0.625. The molecular formula is C19H20FN4O2S+. The fourth-order valence-corrected chi connectivity index (χ4v) is 4.68. The number of nitrogens with one attached hydrogen (secondary N) is 2. The molecule has 1 aliphatic heterocycles. The third-order valence-corrected chi connectivity index (χ3v) is 5.96. The van der Waals surface area contributed by atoms with Crippen molar-refractivity contribution in [1.82, 2.24) is 9.97 Å². The van der Waals surface area contributed by atoms with Crippen LogP contribution in [0, 0.1) is 11.7 Å². The molecular weight excluding hydrogens is 367 g/mol. The van der Waals surface area contributed by atoms with Crippen LogP contribution in [0.3, 0.4) is 0 Å². The van der Waals surface area contributed by atoms with E-state index in [4.69, 9.17) is 5.73 Å². The number of nitrogens with two attached hydrogens (primary N) is 1. The summed E-state index contributed by atoms with van der Waals surface area (Å²) in [4.78, 5) is 33.5. The molecule has 1 saturated heterocycles. The first kappa shape index (κ1) is 17.8. The van der Waals surface area contributed by atoms with E-state index in [-0.39, 0.29) is 23.2 Å². The van der Waals surface area contributed by atoms with E-state index in [0.29, 0.717) is 29.1 Å². The van der Waals surface area contributed by atoms with Gasteiger partial charge < -0.3 is 15.6 Å². The SMILES string of the molecule is NC(=O)[C@H]1CCC[NH+](Cc2nc3scc(-c4ccc(F)cc4)c3c(=O)[nH]2)C1. The minimum Gasteiger partial charge on any atom is -0.369 e. The van der Waals surface area contributed by atoms with Crippen molar-refractivity contribution in [1.29, 1.82) is 0 Å². The Morgan fingerprint density at radius 2 is 2.15 bits per heavy atom. The second-order valence-corrected chi connectivity index (χ2v) is 7.83. The molecule has 1 amide bonds. The molecule has 4 rings (SSSR count). The largest absolute Gasteiger partial charge is 0.369 e. The molecule has 1 fully saturated rings. The van der Waals surface area contributed by atoms with Crippen LogP contribution in [0.15, 0.2) is 34.4 Å². The van der Waals surface area contributed by atoms with E-state index >= 15 is 0 Å². The normalized spacial score (nSPS) is 20.0. The maximum Gasteiger partial charge on any atom is 0.260 e. The number of likely N-dealkylation sites (tertiary alicyclic amines) is 1. The number of carbonyl (C=O) groups is 1. The van der Waals surface area contributed by atoms with Crippen LogP contribution in [0.5, 0.6) is 0 Å². The van der Waals surface area contributed by atoms with Crippen molar-refractivity contribution in [3.63, 3.8) is 0 Å². The second kappa shape index (κ2) is 7.21. The lowest BCUT2D eigenvalue weighted by molar-refractivity contribution is -0.921. The fourth-order valence-electron chi connectivity index (χ4n) is 3.71. The Morgan fingerprint density at radius 1 is 1.37 bits per heavy atom. The number of piperidine rings is 1. The van der Waals surface area contributed by atoms with Gasteiger partial charge in [-0.25, -0.2) is 9.37 Å². The number of halogens is 1. The summed E-state index contributed by atoms with van der Waals surface area (Å²) in [5.74, 6) is -0.0752. The monoisotopic (exact) mass is 387 g/mol. The molecule has 3 aromatic rings. The Morgan fingerprint density at radius 3 is 2.89 bits per heavy atom. The lowest BCUT2D eigenvalue weighted by atomic mass is 9.97. The van der Waals surface area contributed by atoms with Crippen molar-refractivity contribution < 1.29 is 14.1 Å². The smallest absolute Gasteiger partial charge is 0.260 e. The number of benzene rings is 1. The van der Waals surface area contributed by atoms with Crippen LogP contribution < -0.4 is 16.2 Å². The Labute approximate surface area is 158 Å². The van der Waals surface area contributed by atoms with Crippen LogP contribution in [0.25, 0.3) is 21.3 Å². The Balaban J connectivity index is 1.62. The van der Waals surface area contributed by atoms with Gasteiger partial charge in [-0.05, 0) is 30.5 Å². The third-order valence-electron chi connectivity index (χ3n) is 5.09. The molecule has 3 heterocycles. The molecule has 0 radical (unpaired) electrons. The van der Waals surface area contributed by atoms with Gasteiger partial charge in [0.1, 0.15) is 17.2 Å². The lowest BCUT2D eigenvalue weighted by Crippen LogP contribution is -3.12. The third kappa shape index (κ3) is 3.63. The number of quaternary nitrogens is 1. The minimum absolute atomic E-state index is 0.115. The van der Waals surface area contributed by atoms with Gasteiger partial charge in [0.05, 0.1) is 24.4 Å². The highest BCUT2D eigenvalue weighted by atomic mass is 32.1. The van der Waals surface area contributed by atoms with E-state index in [1.165, 1.54) is 28.4 Å². The van der Waals surface area contributed by atoms with Gasteiger partial charge in [-0.3, -0.25) is 9.59 Å². The highest BCUT2D eigenvalue weighted by Gasteiger charge is 2.27. The molecule has 6 nitrogen and oxygen atoms in total. The molecule has 1 aromatic carbocycles. The molecule has 2 aromatic heterocycles. The zero-order valence-electron chi connectivity index (χ0n) is 14.6. The number of carbonyl (C=O) groups excluding carboxylic acids is 1. The standard InChI is InChI=1S/C19H19FN4O2S/c20-13-5-3-11(4-6-13)14-10-27-19-16(14)18(26)22-15(23-19)9-24-7-1-2-12(8-24)17(21)25/h3-6,10,12H,1-2,7-9H2,(H2,21,25)(H,22,23,26)/p+1/t12-/m0/s1. The molecule has 140 valence electrons. The first-order chi connectivity index (χ1) is 13.0. The zero-order chi connectivity index (χ0) is 19.0. The van der Waals surface area contributed by atoms with Crippen molar-refractivity contribution >= 4 is 27.5 Å². The van der Waals surface area contributed by atoms with Gasteiger partial charge in [0.2, 0.25) is 5.91 Å². The number of amides is 1.